The molecule has 0 bridgehead atoms. The lowest BCUT2D eigenvalue weighted by molar-refractivity contribution is -0.0797. The summed E-state index contributed by atoms with van der Waals surface area (Å²) in [5.74, 6) is 0.574. The summed E-state index contributed by atoms with van der Waals surface area (Å²) >= 11 is 5.75. The molecule has 1 aromatic rings. The molecule has 14 heavy (non-hydrogen) atoms. The largest absolute Gasteiger partial charge is 0.484 e. The van der Waals surface area contributed by atoms with Gasteiger partial charge in [-0.2, -0.15) is 5.26 Å². The van der Waals surface area contributed by atoms with Crippen LogP contribution in [0.1, 0.15) is 5.56 Å². The SMILES string of the molecule is N#Cc1cc(Cl)ccc1OC1COC1. The first kappa shape index (κ1) is 9.32. The lowest BCUT2D eigenvalue weighted by Gasteiger charge is -2.27. The van der Waals surface area contributed by atoms with Gasteiger partial charge in [-0.05, 0) is 18.2 Å². The number of rotatable bonds is 2. The lowest BCUT2D eigenvalue weighted by atomic mass is 10.2. The number of hydrogen-bond acceptors (Lipinski definition) is 3. The quantitative estimate of drug-likeness (QED) is 0.748. The summed E-state index contributed by atoms with van der Waals surface area (Å²) in [5, 5.41) is 9.37. The van der Waals surface area contributed by atoms with Crippen LogP contribution in [0, 0.1) is 11.3 Å². The molecule has 0 aromatic heterocycles. The number of halogens is 1. The highest BCUT2D eigenvalue weighted by atomic mass is 35.5. The molecule has 0 atom stereocenters. The van der Waals surface area contributed by atoms with E-state index < -0.39 is 0 Å². The van der Waals surface area contributed by atoms with Crippen molar-refractivity contribution in [2.24, 2.45) is 0 Å². The van der Waals surface area contributed by atoms with Crippen LogP contribution in [0.25, 0.3) is 0 Å². The molecule has 2 rings (SSSR count). The van der Waals surface area contributed by atoms with Gasteiger partial charge in [0.2, 0.25) is 0 Å². The van der Waals surface area contributed by atoms with Gasteiger partial charge < -0.3 is 9.47 Å². The van der Waals surface area contributed by atoms with E-state index in [1.165, 1.54) is 0 Å². The van der Waals surface area contributed by atoms with E-state index >= 15 is 0 Å². The third-order valence-corrected chi connectivity index (χ3v) is 2.20. The molecule has 0 amide bonds. The molecule has 1 aliphatic heterocycles. The van der Waals surface area contributed by atoms with E-state index in [1.807, 2.05) is 6.07 Å². The van der Waals surface area contributed by atoms with Gasteiger partial charge in [-0.25, -0.2) is 0 Å². The minimum atomic E-state index is 0.0725. The average molecular weight is 210 g/mol. The highest BCUT2D eigenvalue weighted by Crippen LogP contribution is 2.24. The number of hydrogen-bond donors (Lipinski definition) is 0. The molecule has 4 heteroatoms. The van der Waals surface area contributed by atoms with Crippen LogP contribution in [-0.2, 0) is 4.74 Å². The lowest BCUT2D eigenvalue weighted by Crippen LogP contribution is -2.38. The predicted octanol–water partition coefficient (Wildman–Crippen LogP) is 1.99. The van der Waals surface area contributed by atoms with Gasteiger partial charge in [0.15, 0.2) is 0 Å². The molecule has 0 aliphatic carbocycles. The van der Waals surface area contributed by atoms with Crippen LogP contribution in [-0.4, -0.2) is 19.3 Å². The topological polar surface area (TPSA) is 42.2 Å². The monoisotopic (exact) mass is 209 g/mol. The van der Waals surface area contributed by atoms with Gasteiger partial charge in [0.25, 0.3) is 0 Å². The summed E-state index contributed by atoms with van der Waals surface area (Å²) in [6.45, 7) is 1.18. The molecule has 0 spiro atoms. The van der Waals surface area contributed by atoms with Crippen molar-refractivity contribution in [3.63, 3.8) is 0 Å². The van der Waals surface area contributed by atoms with Crippen molar-refractivity contribution in [1.82, 2.24) is 0 Å². The van der Waals surface area contributed by atoms with Gasteiger partial charge >= 0.3 is 0 Å². The Kier molecular flexibility index (Phi) is 2.58. The maximum Gasteiger partial charge on any atom is 0.145 e. The zero-order chi connectivity index (χ0) is 9.97. The second-order valence-electron chi connectivity index (χ2n) is 3.03. The molecular weight excluding hydrogens is 202 g/mol. The highest BCUT2D eigenvalue weighted by Gasteiger charge is 2.21. The first-order valence-corrected chi connectivity index (χ1v) is 4.61. The van der Waals surface area contributed by atoms with Crippen molar-refractivity contribution in [2.45, 2.75) is 6.10 Å². The summed E-state index contributed by atoms with van der Waals surface area (Å²) < 4.78 is 10.5. The Morgan fingerprint density at radius 2 is 2.29 bits per heavy atom. The molecule has 0 N–H and O–H groups in total. The van der Waals surface area contributed by atoms with E-state index in [2.05, 4.69) is 0 Å². The Labute approximate surface area is 86.8 Å². The fourth-order valence-electron chi connectivity index (χ4n) is 1.15. The Bertz CT molecular complexity index is 382. The average Bonchev–Trinajstić information content (AvgIpc) is 2.13. The third kappa shape index (κ3) is 1.82. The van der Waals surface area contributed by atoms with E-state index in [1.54, 1.807) is 18.2 Å². The van der Waals surface area contributed by atoms with Crippen LogP contribution in [0.4, 0.5) is 0 Å². The van der Waals surface area contributed by atoms with E-state index in [0.29, 0.717) is 29.5 Å². The first-order valence-electron chi connectivity index (χ1n) is 4.23. The zero-order valence-electron chi connectivity index (χ0n) is 7.37. The molecule has 0 unspecified atom stereocenters. The van der Waals surface area contributed by atoms with Gasteiger partial charge in [0.05, 0.1) is 18.8 Å². The fraction of sp³-hybridized carbons (Fsp3) is 0.300. The number of ether oxygens (including phenoxy) is 2. The van der Waals surface area contributed by atoms with Crippen LogP contribution in [0.2, 0.25) is 5.02 Å². The molecule has 1 heterocycles. The number of nitrogens with zero attached hydrogens (tertiary/aromatic N) is 1. The minimum Gasteiger partial charge on any atom is -0.484 e. The van der Waals surface area contributed by atoms with Gasteiger partial charge in [-0.15, -0.1) is 0 Å². The molecule has 0 radical (unpaired) electrons. The van der Waals surface area contributed by atoms with Crippen molar-refractivity contribution in [3.05, 3.63) is 28.8 Å². The van der Waals surface area contributed by atoms with Crippen molar-refractivity contribution in [1.29, 1.82) is 5.26 Å². The predicted molar refractivity (Wildman–Crippen MR) is 51.4 cm³/mol. The van der Waals surface area contributed by atoms with Crippen LogP contribution in [0.5, 0.6) is 5.75 Å². The Balaban J connectivity index is 2.19. The van der Waals surface area contributed by atoms with E-state index in [0.717, 1.165) is 0 Å². The van der Waals surface area contributed by atoms with Gasteiger partial charge in [0, 0.05) is 5.02 Å². The van der Waals surface area contributed by atoms with Crippen LogP contribution in [0.15, 0.2) is 18.2 Å². The Morgan fingerprint density at radius 3 is 2.86 bits per heavy atom. The van der Waals surface area contributed by atoms with E-state index in [-0.39, 0.29) is 6.10 Å². The van der Waals surface area contributed by atoms with Crippen molar-refractivity contribution >= 4 is 11.6 Å². The molecule has 1 fully saturated rings. The molecule has 1 aliphatic rings. The third-order valence-electron chi connectivity index (χ3n) is 1.96. The van der Waals surface area contributed by atoms with Crippen molar-refractivity contribution < 1.29 is 9.47 Å². The maximum atomic E-state index is 8.83. The first-order chi connectivity index (χ1) is 6.79. The molecule has 72 valence electrons. The normalized spacial score (nSPS) is 15.7. The second kappa shape index (κ2) is 3.87. The molecule has 1 saturated heterocycles. The van der Waals surface area contributed by atoms with Crippen LogP contribution in [0.3, 0.4) is 0 Å². The molecular formula is C10H8ClNO2. The zero-order valence-corrected chi connectivity index (χ0v) is 8.12. The highest BCUT2D eigenvalue weighted by molar-refractivity contribution is 6.30. The maximum absolute atomic E-state index is 8.83. The summed E-state index contributed by atoms with van der Waals surface area (Å²) in [7, 11) is 0. The van der Waals surface area contributed by atoms with Crippen LogP contribution >= 0.6 is 11.6 Å². The molecule has 0 saturated carbocycles. The van der Waals surface area contributed by atoms with Gasteiger partial charge in [0.1, 0.15) is 17.9 Å². The minimum absolute atomic E-state index is 0.0725. The van der Waals surface area contributed by atoms with Crippen LogP contribution < -0.4 is 4.74 Å². The molecule has 3 nitrogen and oxygen atoms in total. The second-order valence-corrected chi connectivity index (χ2v) is 3.47. The van der Waals surface area contributed by atoms with Crippen molar-refractivity contribution in [3.8, 4) is 11.8 Å². The smallest absolute Gasteiger partial charge is 0.145 e. The Hall–Kier alpha value is -1.24. The van der Waals surface area contributed by atoms with Gasteiger partial charge in [-0.3, -0.25) is 0 Å². The van der Waals surface area contributed by atoms with E-state index in [4.69, 9.17) is 26.3 Å². The molecule has 1 aromatic carbocycles. The standard InChI is InChI=1S/C10H8ClNO2/c11-8-1-2-10(7(3-8)4-12)14-9-5-13-6-9/h1-3,9H,5-6H2. The summed E-state index contributed by atoms with van der Waals surface area (Å²) in [5.41, 5.74) is 0.462. The fourth-order valence-corrected chi connectivity index (χ4v) is 1.33. The number of benzene rings is 1. The number of nitriles is 1. The van der Waals surface area contributed by atoms with Gasteiger partial charge in [-0.1, -0.05) is 11.6 Å². The van der Waals surface area contributed by atoms with E-state index in [9.17, 15) is 0 Å². The summed E-state index contributed by atoms with van der Waals surface area (Å²) in [4.78, 5) is 0. The summed E-state index contributed by atoms with van der Waals surface area (Å²) in [6, 6.07) is 7.05. The summed E-state index contributed by atoms with van der Waals surface area (Å²) in [6.07, 6.45) is 0.0725. The Morgan fingerprint density at radius 1 is 1.50 bits per heavy atom. The van der Waals surface area contributed by atoms with Crippen molar-refractivity contribution in [2.75, 3.05) is 13.2 Å².